The molecule has 3 nitrogen and oxygen atoms in total. The number of carbonyl (C=O) groups excluding carboxylic acids is 1. The first-order chi connectivity index (χ1) is 7.47. The lowest BCUT2D eigenvalue weighted by atomic mass is 10.2. The van der Waals surface area contributed by atoms with E-state index in [4.69, 9.17) is 16.9 Å². The normalized spacial score (nSPS) is 9.69. The van der Waals surface area contributed by atoms with Crippen LogP contribution < -0.4 is 5.32 Å². The molecule has 0 radical (unpaired) electrons. The summed E-state index contributed by atoms with van der Waals surface area (Å²) < 4.78 is 1.32. The molecule has 0 bridgehead atoms. The number of nitriles is 1. The van der Waals surface area contributed by atoms with Gasteiger partial charge in [0.25, 0.3) is 0 Å². The molecule has 84 valence electrons. The number of carbonyl (C=O) groups is 1. The van der Waals surface area contributed by atoms with Gasteiger partial charge in [-0.2, -0.15) is 5.26 Å². The predicted octanol–water partition coefficient (Wildman–Crippen LogP) is 4.03. The highest BCUT2D eigenvalue weighted by Gasteiger charge is 2.13. The first-order valence-electron chi connectivity index (χ1n) is 4.28. The van der Waals surface area contributed by atoms with Crippen molar-refractivity contribution in [1.82, 2.24) is 0 Å². The van der Waals surface area contributed by atoms with Gasteiger partial charge < -0.3 is 5.32 Å². The third kappa shape index (κ3) is 2.97. The van der Waals surface area contributed by atoms with Gasteiger partial charge in [-0.1, -0.05) is 11.6 Å². The van der Waals surface area contributed by atoms with Crippen LogP contribution >= 0.6 is 43.5 Å². The lowest BCUT2D eigenvalue weighted by Crippen LogP contribution is -2.11. The molecule has 1 aromatic rings. The van der Waals surface area contributed by atoms with Gasteiger partial charge in [-0.15, -0.1) is 0 Å². The quantitative estimate of drug-likeness (QED) is 0.804. The van der Waals surface area contributed by atoms with Crippen molar-refractivity contribution in [3.8, 4) is 6.07 Å². The van der Waals surface area contributed by atoms with E-state index in [1.165, 1.54) is 0 Å². The summed E-state index contributed by atoms with van der Waals surface area (Å²) in [5.74, 6) is -0.371. The van der Waals surface area contributed by atoms with Crippen LogP contribution in [0.1, 0.15) is 12.0 Å². The van der Waals surface area contributed by atoms with Crippen LogP contribution in [0.5, 0.6) is 0 Å². The van der Waals surface area contributed by atoms with E-state index in [2.05, 4.69) is 37.2 Å². The summed E-state index contributed by atoms with van der Waals surface area (Å²) in [5.41, 5.74) is 1.43. The van der Waals surface area contributed by atoms with E-state index < -0.39 is 0 Å². The second-order valence-corrected chi connectivity index (χ2v) is 5.09. The molecule has 1 aromatic carbocycles. The van der Waals surface area contributed by atoms with Crippen LogP contribution in [0.3, 0.4) is 0 Å². The maximum Gasteiger partial charge on any atom is 0.238 e. The minimum absolute atomic E-state index is 0.190. The molecule has 16 heavy (non-hydrogen) atoms. The number of nitrogens with one attached hydrogen (secondary N) is 1. The molecule has 0 aliphatic heterocycles. The number of benzene rings is 1. The van der Waals surface area contributed by atoms with Crippen LogP contribution in [0, 0.1) is 18.3 Å². The number of nitrogens with zero attached hydrogens (tertiary/aromatic N) is 1. The molecule has 0 heterocycles. The molecule has 1 rings (SSSR count). The molecule has 0 unspecified atom stereocenters. The maximum absolute atomic E-state index is 11.3. The number of hydrogen-bond acceptors (Lipinski definition) is 2. The fraction of sp³-hybridized carbons (Fsp3) is 0.200. The van der Waals surface area contributed by atoms with Crippen LogP contribution in [-0.4, -0.2) is 5.91 Å². The molecule has 0 spiro atoms. The zero-order valence-electron chi connectivity index (χ0n) is 8.27. The highest BCUT2D eigenvalue weighted by atomic mass is 79.9. The van der Waals surface area contributed by atoms with E-state index in [0.717, 1.165) is 5.56 Å². The monoisotopic (exact) mass is 364 g/mol. The summed E-state index contributed by atoms with van der Waals surface area (Å²) in [7, 11) is 0. The predicted molar refractivity (Wildman–Crippen MR) is 70.4 cm³/mol. The van der Waals surface area contributed by atoms with Crippen molar-refractivity contribution in [3.05, 3.63) is 25.6 Å². The Kier molecular flexibility index (Phi) is 4.78. The highest BCUT2D eigenvalue weighted by molar-refractivity contribution is 9.11. The Morgan fingerprint density at radius 1 is 1.62 bits per heavy atom. The number of halogens is 3. The molecule has 6 heteroatoms. The summed E-state index contributed by atoms with van der Waals surface area (Å²) in [5, 5.41) is 11.5. The van der Waals surface area contributed by atoms with Gasteiger partial charge >= 0.3 is 0 Å². The third-order valence-electron chi connectivity index (χ3n) is 1.84. The van der Waals surface area contributed by atoms with Gasteiger partial charge in [-0.05, 0) is 50.4 Å². The minimum Gasteiger partial charge on any atom is -0.323 e. The summed E-state index contributed by atoms with van der Waals surface area (Å²) in [4.78, 5) is 11.3. The first-order valence-corrected chi connectivity index (χ1v) is 6.24. The lowest BCUT2D eigenvalue weighted by Gasteiger charge is -2.11. The summed E-state index contributed by atoms with van der Waals surface area (Å²) in [6, 6.07) is 3.58. The van der Waals surface area contributed by atoms with Crippen LogP contribution in [0.2, 0.25) is 5.02 Å². The van der Waals surface area contributed by atoms with E-state index in [0.29, 0.717) is 19.7 Å². The van der Waals surface area contributed by atoms with Gasteiger partial charge in [-0.25, -0.2) is 0 Å². The maximum atomic E-state index is 11.3. The van der Waals surface area contributed by atoms with Crippen molar-refractivity contribution in [1.29, 1.82) is 5.26 Å². The van der Waals surface area contributed by atoms with E-state index in [-0.39, 0.29) is 12.3 Å². The number of rotatable bonds is 2. The summed E-state index contributed by atoms with van der Waals surface area (Å²) >= 11 is 12.7. The van der Waals surface area contributed by atoms with Crippen molar-refractivity contribution < 1.29 is 4.79 Å². The zero-order valence-corrected chi connectivity index (χ0v) is 12.2. The van der Waals surface area contributed by atoms with Crippen molar-refractivity contribution in [2.45, 2.75) is 13.3 Å². The fourth-order valence-corrected chi connectivity index (χ4v) is 2.76. The summed E-state index contributed by atoms with van der Waals surface area (Å²) in [6.07, 6.45) is -0.190. The smallest absolute Gasteiger partial charge is 0.238 e. The highest BCUT2D eigenvalue weighted by Crippen LogP contribution is 2.38. The largest absolute Gasteiger partial charge is 0.323 e. The topological polar surface area (TPSA) is 52.9 Å². The van der Waals surface area contributed by atoms with Gasteiger partial charge in [0.05, 0.1) is 21.3 Å². The standard InChI is InChI=1S/C10H7Br2ClN2O/c1-5-4-6(11)10(8(12)9(5)13)15-7(16)2-3-14/h4H,2H2,1H3,(H,15,16). The molecule has 0 aromatic heterocycles. The molecule has 0 fully saturated rings. The van der Waals surface area contributed by atoms with Crippen LogP contribution in [0.25, 0.3) is 0 Å². The number of amides is 1. The molecule has 0 aliphatic carbocycles. The average molecular weight is 366 g/mol. The number of anilines is 1. The van der Waals surface area contributed by atoms with Crippen molar-refractivity contribution in [2.24, 2.45) is 0 Å². The molecule has 0 atom stereocenters. The Morgan fingerprint density at radius 3 is 2.81 bits per heavy atom. The van der Waals surface area contributed by atoms with Crippen LogP contribution in [0.4, 0.5) is 5.69 Å². The molecule has 0 aliphatic rings. The van der Waals surface area contributed by atoms with E-state index in [1.807, 2.05) is 6.92 Å². The average Bonchev–Trinajstić information content (AvgIpc) is 2.22. The molecular weight excluding hydrogens is 359 g/mol. The zero-order chi connectivity index (χ0) is 12.3. The fourth-order valence-electron chi connectivity index (χ4n) is 1.08. The Labute approximate surface area is 115 Å². The molecule has 0 saturated heterocycles. The number of hydrogen-bond donors (Lipinski definition) is 1. The lowest BCUT2D eigenvalue weighted by molar-refractivity contribution is -0.115. The SMILES string of the molecule is Cc1cc(Br)c(NC(=O)CC#N)c(Br)c1Cl. The Balaban J connectivity index is 3.11. The number of aryl methyl sites for hydroxylation is 1. The Morgan fingerprint density at radius 2 is 2.25 bits per heavy atom. The van der Waals surface area contributed by atoms with E-state index in [9.17, 15) is 4.79 Å². The second-order valence-electron chi connectivity index (χ2n) is 3.06. The van der Waals surface area contributed by atoms with Crippen molar-refractivity contribution >= 4 is 55.1 Å². The molecular formula is C10H7Br2ClN2O. The summed E-state index contributed by atoms with van der Waals surface area (Å²) in [6.45, 7) is 1.86. The molecule has 0 saturated carbocycles. The van der Waals surface area contributed by atoms with Gasteiger partial charge in [0.15, 0.2) is 0 Å². The van der Waals surface area contributed by atoms with Gasteiger partial charge in [0.1, 0.15) is 6.42 Å². The van der Waals surface area contributed by atoms with Crippen molar-refractivity contribution in [3.63, 3.8) is 0 Å². The van der Waals surface area contributed by atoms with Gasteiger partial charge in [-0.3, -0.25) is 4.79 Å². The van der Waals surface area contributed by atoms with E-state index in [1.54, 1.807) is 12.1 Å². The second kappa shape index (κ2) is 5.67. The Bertz CT molecular complexity index is 483. The molecule has 1 N–H and O–H groups in total. The first kappa shape index (κ1) is 13.5. The van der Waals surface area contributed by atoms with Gasteiger partial charge in [0.2, 0.25) is 5.91 Å². The van der Waals surface area contributed by atoms with Crippen LogP contribution in [0.15, 0.2) is 15.0 Å². The van der Waals surface area contributed by atoms with Crippen LogP contribution in [-0.2, 0) is 4.79 Å². The van der Waals surface area contributed by atoms with Crippen molar-refractivity contribution in [2.75, 3.05) is 5.32 Å². The third-order valence-corrected chi connectivity index (χ3v) is 3.98. The Hall–Kier alpha value is -0.570. The van der Waals surface area contributed by atoms with Gasteiger partial charge in [0, 0.05) is 4.47 Å². The molecule has 1 amide bonds. The minimum atomic E-state index is -0.371. The van der Waals surface area contributed by atoms with E-state index >= 15 is 0 Å².